The molecule has 1 unspecified atom stereocenters. The minimum Gasteiger partial charge on any atom is -0.480 e. The van der Waals surface area contributed by atoms with Gasteiger partial charge in [-0.15, -0.1) is 0 Å². The number of carboxylic acids is 1. The van der Waals surface area contributed by atoms with Crippen LogP contribution >= 0.6 is 0 Å². The zero-order chi connectivity index (χ0) is 15.8. The molecule has 3 N–H and O–H groups in total. The first kappa shape index (κ1) is 16.5. The Labute approximate surface area is 122 Å². The lowest BCUT2D eigenvalue weighted by Crippen LogP contribution is -2.48. The highest BCUT2D eigenvalue weighted by atomic mass is 16.5. The Bertz CT molecular complexity index is 503. The molecule has 0 radical (unpaired) electrons. The maximum absolute atomic E-state index is 11.8. The van der Waals surface area contributed by atoms with Gasteiger partial charge in [-0.3, -0.25) is 0 Å². The lowest BCUT2D eigenvalue weighted by Gasteiger charge is -2.19. The van der Waals surface area contributed by atoms with Crippen molar-refractivity contribution in [1.29, 1.82) is 0 Å². The largest absolute Gasteiger partial charge is 0.480 e. The van der Waals surface area contributed by atoms with Crippen LogP contribution in [-0.2, 0) is 14.3 Å². The lowest BCUT2D eigenvalue weighted by molar-refractivity contribution is -0.143. The van der Waals surface area contributed by atoms with Crippen molar-refractivity contribution in [3.05, 3.63) is 35.9 Å². The third-order valence-corrected chi connectivity index (χ3v) is 2.86. The van der Waals surface area contributed by atoms with Crippen LogP contribution in [0.15, 0.2) is 30.3 Å². The number of hydrogen-bond acceptors (Lipinski definition) is 4. The molecule has 114 valence electrons. The molecule has 21 heavy (non-hydrogen) atoms. The predicted octanol–water partition coefficient (Wildman–Crippen LogP) is 1.06. The smallest absolute Gasteiger partial charge is 0.333 e. The first-order chi connectivity index (χ1) is 9.99. The summed E-state index contributed by atoms with van der Waals surface area (Å²) in [4.78, 5) is 34.5. The number of amides is 2. The number of benzene rings is 1. The first-order valence-corrected chi connectivity index (χ1v) is 6.42. The topological polar surface area (TPSA) is 105 Å². The molecule has 2 atom stereocenters. The van der Waals surface area contributed by atoms with Crippen molar-refractivity contribution in [1.82, 2.24) is 10.6 Å². The number of rotatable bonds is 6. The minimum absolute atomic E-state index is 0.233. The van der Waals surface area contributed by atoms with Crippen LogP contribution in [0.4, 0.5) is 4.79 Å². The Morgan fingerprint density at radius 2 is 1.81 bits per heavy atom. The number of methoxy groups -OCH3 is 1. The van der Waals surface area contributed by atoms with E-state index in [-0.39, 0.29) is 6.42 Å². The van der Waals surface area contributed by atoms with E-state index < -0.39 is 30.1 Å². The van der Waals surface area contributed by atoms with Crippen LogP contribution in [0.25, 0.3) is 0 Å². The van der Waals surface area contributed by atoms with E-state index >= 15 is 0 Å². The van der Waals surface area contributed by atoms with Crippen LogP contribution in [0.2, 0.25) is 0 Å². The first-order valence-electron chi connectivity index (χ1n) is 6.42. The molecule has 0 bridgehead atoms. The Balaban J connectivity index is 2.80. The fourth-order valence-electron chi connectivity index (χ4n) is 1.71. The second kappa shape index (κ2) is 7.88. The van der Waals surface area contributed by atoms with Crippen LogP contribution in [0.1, 0.15) is 24.9 Å². The van der Waals surface area contributed by atoms with Gasteiger partial charge in [0.2, 0.25) is 0 Å². The van der Waals surface area contributed by atoms with Gasteiger partial charge in [-0.25, -0.2) is 14.4 Å². The van der Waals surface area contributed by atoms with E-state index in [4.69, 9.17) is 5.11 Å². The van der Waals surface area contributed by atoms with E-state index in [0.29, 0.717) is 5.56 Å². The number of urea groups is 1. The third-order valence-electron chi connectivity index (χ3n) is 2.86. The highest BCUT2D eigenvalue weighted by Gasteiger charge is 2.25. The molecular formula is C14H18N2O5. The van der Waals surface area contributed by atoms with E-state index in [1.165, 1.54) is 7.11 Å². The summed E-state index contributed by atoms with van der Waals surface area (Å²) in [5.74, 6) is -1.78. The van der Waals surface area contributed by atoms with Crippen LogP contribution in [0, 0.1) is 0 Å². The van der Waals surface area contributed by atoms with Gasteiger partial charge in [-0.2, -0.15) is 0 Å². The number of aliphatic carboxylic acids is 1. The minimum atomic E-state index is -1.14. The number of esters is 1. The van der Waals surface area contributed by atoms with Gasteiger partial charge in [0.25, 0.3) is 0 Å². The van der Waals surface area contributed by atoms with E-state index in [2.05, 4.69) is 15.4 Å². The summed E-state index contributed by atoms with van der Waals surface area (Å²) in [6.45, 7) is 1.63. The van der Waals surface area contributed by atoms with Crippen LogP contribution < -0.4 is 10.6 Å². The number of carboxylic acid groups (broad SMARTS) is 1. The van der Waals surface area contributed by atoms with Crippen LogP contribution in [0.3, 0.4) is 0 Å². The van der Waals surface area contributed by atoms with Gasteiger partial charge in [0.15, 0.2) is 6.04 Å². The molecule has 0 aliphatic rings. The average molecular weight is 294 g/mol. The average Bonchev–Trinajstić information content (AvgIpc) is 2.50. The zero-order valence-electron chi connectivity index (χ0n) is 11.8. The quantitative estimate of drug-likeness (QED) is 0.680. The van der Waals surface area contributed by atoms with Gasteiger partial charge < -0.3 is 20.5 Å². The van der Waals surface area contributed by atoms with Gasteiger partial charge in [-0.1, -0.05) is 37.3 Å². The SMILES string of the molecule is CC[C@@H](NC(=O)NC(C(=O)OC)c1ccccc1)C(=O)O. The second-order valence-electron chi connectivity index (χ2n) is 4.28. The van der Waals surface area contributed by atoms with Crippen molar-refractivity contribution in [2.24, 2.45) is 0 Å². The summed E-state index contributed by atoms with van der Waals surface area (Å²) in [7, 11) is 1.21. The summed E-state index contributed by atoms with van der Waals surface area (Å²) >= 11 is 0. The lowest BCUT2D eigenvalue weighted by atomic mass is 10.1. The number of carbonyl (C=O) groups is 3. The molecule has 0 heterocycles. The Morgan fingerprint density at radius 1 is 1.19 bits per heavy atom. The number of hydrogen-bond donors (Lipinski definition) is 3. The van der Waals surface area contributed by atoms with Crippen molar-refractivity contribution in [2.45, 2.75) is 25.4 Å². The van der Waals surface area contributed by atoms with Gasteiger partial charge in [0.1, 0.15) is 6.04 Å². The predicted molar refractivity (Wildman–Crippen MR) is 74.6 cm³/mol. The molecule has 2 amide bonds. The molecule has 0 fully saturated rings. The van der Waals surface area contributed by atoms with Gasteiger partial charge >= 0.3 is 18.0 Å². The third kappa shape index (κ3) is 4.79. The van der Waals surface area contributed by atoms with Crippen molar-refractivity contribution >= 4 is 18.0 Å². The Morgan fingerprint density at radius 3 is 2.29 bits per heavy atom. The molecule has 7 nitrogen and oxygen atoms in total. The Hall–Kier alpha value is -2.57. The summed E-state index contributed by atoms with van der Waals surface area (Å²) in [6, 6.07) is 5.78. The summed E-state index contributed by atoms with van der Waals surface area (Å²) in [6.07, 6.45) is 0.233. The molecule has 1 aromatic rings. The molecule has 0 saturated carbocycles. The number of carbonyl (C=O) groups excluding carboxylic acids is 2. The highest BCUT2D eigenvalue weighted by Crippen LogP contribution is 2.13. The summed E-state index contributed by atoms with van der Waals surface area (Å²) < 4.78 is 4.65. The van der Waals surface area contributed by atoms with Crippen molar-refractivity contribution < 1.29 is 24.2 Å². The molecule has 0 aliphatic carbocycles. The van der Waals surface area contributed by atoms with Crippen LogP contribution in [0.5, 0.6) is 0 Å². The van der Waals surface area contributed by atoms with Gasteiger partial charge in [0, 0.05) is 0 Å². The second-order valence-corrected chi connectivity index (χ2v) is 4.28. The maximum Gasteiger partial charge on any atom is 0.333 e. The van der Waals surface area contributed by atoms with E-state index in [9.17, 15) is 14.4 Å². The molecular weight excluding hydrogens is 276 g/mol. The molecule has 0 aromatic heterocycles. The van der Waals surface area contributed by atoms with E-state index in [0.717, 1.165) is 0 Å². The van der Waals surface area contributed by atoms with Crippen molar-refractivity contribution in [3.8, 4) is 0 Å². The molecule has 0 saturated heterocycles. The zero-order valence-corrected chi connectivity index (χ0v) is 11.8. The Kier molecular flexibility index (Phi) is 6.19. The highest BCUT2D eigenvalue weighted by molar-refractivity contribution is 5.87. The van der Waals surface area contributed by atoms with E-state index in [1.54, 1.807) is 37.3 Å². The van der Waals surface area contributed by atoms with Crippen LogP contribution in [-0.4, -0.2) is 36.2 Å². The molecule has 1 rings (SSSR count). The van der Waals surface area contributed by atoms with Gasteiger partial charge in [-0.05, 0) is 12.0 Å². The van der Waals surface area contributed by atoms with Crippen molar-refractivity contribution in [2.75, 3.05) is 7.11 Å². The molecule has 1 aromatic carbocycles. The van der Waals surface area contributed by atoms with Crippen molar-refractivity contribution in [3.63, 3.8) is 0 Å². The summed E-state index contributed by atoms with van der Waals surface area (Å²) in [5, 5.41) is 13.6. The molecule has 0 spiro atoms. The number of ether oxygens (including phenoxy) is 1. The molecule has 7 heteroatoms. The molecule has 0 aliphatic heterocycles. The summed E-state index contributed by atoms with van der Waals surface area (Å²) in [5.41, 5.74) is 0.544. The maximum atomic E-state index is 11.8. The fourth-order valence-corrected chi connectivity index (χ4v) is 1.71. The monoisotopic (exact) mass is 294 g/mol. The van der Waals surface area contributed by atoms with E-state index in [1.807, 2.05) is 0 Å². The number of nitrogens with one attached hydrogen (secondary N) is 2. The van der Waals surface area contributed by atoms with Gasteiger partial charge in [0.05, 0.1) is 7.11 Å². The normalized spacial score (nSPS) is 12.9. The standard InChI is InChI=1S/C14H18N2O5/c1-3-10(12(17)18)15-14(20)16-11(13(19)21-2)9-7-5-4-6-8-9/h4-8,10-11H,3H2,1-2H3,(H,17,18)(H2,15,16,20)/t10-,11?/m1/s1. The fraction of sp³-hybridized carbons (Fsp3) is 0.357.